The monoisotopic (exact) mass is 174 g/mol. The van der Waals surface area contributed by atoms with Crippen molar-refractivity contribution >= 4 is 11.9 Å². The fourth-order valence-corrected chi connectivity index (χ4v) is 0. The molecule has 0 fully saturated rings. The molecule has 0 atom stereocenters. The molecule has 0 spiro atoms. The van der Waals surface area contributed by atoms with Gasteiger partial charge >= 0.3 is 11.9 Å². The van der Waals surface area contributed by atoms with Crippen molar-refractivity contribution in [2.24, 2.45) is 5.41 Å². The van der Waals surface area contributed by atoms with Gasteiger partial charge in [-0.2, -0.15) is 0 Å². The molecule has 0 amide bonds. The molecule has 0 aromatic heterocycles. The highest BCUT2D eigenvalue weighted by Gasteiger charge is 2.18. The van der Waals surface area contributed by atoms with Crippen LogP contribution in [-0.4, -0.2) is 22.2 Å². The van der Waals surface area contributed by atoms with E-state index in [9.17, 15) is 9.59 Å². The van der Waals surface area contributed by atoms with Gasteiger partial charge in [0, 0.05) is 6.08 Å². The van der Waals surface area contributed by atoms with Gasteiger partial charge in [0.2, 0.25) is 0 Å². The Balaban J connectivity index is 0. The predicted octanol–water partition coefficient (Wildman–Crippen LogP) is 1.37. The Kier molecular flexibility index (Phi) is 5.92. The molecule has 0 aliphatic rings. The smallest absolute Gasteiger partial charge is 0.327 e. The van der Waals surface area contributed by atoms with E-state index in [1.54, 1.807) is 20.8 Å². The quantitative estimate of drug-likeness (QED) is 0.589. The summed E-state index contributed by atoms with van der Waals surface area (Å²) >= 11 is 0. The van der Waals surface area contributed by atoms with E-state index in [-0.39, 0.29) is 0 Å². The highest BCUT2D eigenvalue weighted by molar-refractivity contribution is 5.78. The van der Waals surface area contributed by atoms with Crippen molar-refractivity contribution in [1.82, 2.24) is 0 Å². The zero-order valence-electron chi connectivity index (χ0n) is 7.50. The van der Waals surface area contributed by atoms with E-state index < -0.39 is 17.4 Å². The van der Waals surface area contributed by atoms with E-state index >= 15 is 0 Å². The summed E-state index contributed by atoms with van der Waals surface area (Å²) in [4.78, 5) is 19.3. The first-order chi connectivity index (χ1) is 5.21. The molecule has 0 aromatic rings. The Morgan fingerprint density at radius 1 is 1.25 bits per heavy atom. The summed E-state index contributed by atoms with van der Waals surface area (Å²) in [6, 6.07) is 0. The summed E-state index contributed by atoms with van der Waals surface area (Å²) in [7, 11) is 0. The second kappa shape index (κ2) is 5.35. The number of carbonyl (C=O) groups is 2. The van der Waals surface area contributed by atoms with E-state index in [1.807, 2.05) is 0 Å². The minimum Gasteiger partial charge on any atom is -0.481 e. The van der Waals surface area contributed by atoms with E-state index in [1.165, 1.54) is 0 Å². The van der Waals surface area contributed by atoms with Crippen molar-refractivity contribution in [2.45, 2.75) is 20.8 Å². The average Bonchev–Trinajstić information content (AvgIpc) is 1.87. The zero-order valence-corrected chi connectivity index (χ0v) is 7.50. The van der Waals surface area contributed by atoms with Crippen molar-refractivity contribution < 1.29 is 19.8 Å². The minimum absolute atomic E-state index is 0.583. The van der Waals surface area contributed by atoms with E-state index in [4.69, 9.17) is 10.2 Å². The second-order valence-electron chi connectivity index (χ2n) is 3.10. The first-order valence-electron chi connectivity index (χ1n) is 3.30. The molecular formula is C8H14O4. The standard InChI is InChI=1S/C5H10O2.C3H4O2/c1-5(2,3)4(6)7;1-2-3(4)5/h1-3H3,(H,6,7);2H,1H2,(H,4,5). The van der Waals surface area contributed by atoms with Crippen LogP contribution >= 0.6 is 0 Å². The van der Waals surface area contributed by atoms with Crippen LogP contribution < -0.4 is 0 Å². The summed E-state index contributed by atoms with van der Waals surface area (Å²) in [6.07, 6.45) is 0.833. The third-order valence-electron chi connectivity index (χ3n) is 0.816. The van der Waals surface area contributed by atoms with Crippen molar-refractivity contribution in [1.29, 1.82) is 0 Å². The molecule has 0 bridgehead atoms. The Morgan fingerprint density at radius 3 is 1.42 bits per heavy atom. The fraction of sp³-hybridized carbons (Fsp3) is 0.500. The van der Waals surface area contributed by atoms with Crippen LogP contribution in [0.15, 0.2) is 12.7 Å². The largest absolute Gasteiger partial charge is 0.481 e. The van der Waals surface area contributed by atoms with Crippen LogP contribution in [0.2, 0.25) is 0 Å². The number of carboxylic acids is 2. The van der Waals surface area contributed by atoms with Gasteiger partial charge in [0.05, 0.1) is 5.41 Å². The molecule has 0 saturated carbocycles. The van der Waals surface area contributed by atoms with Crippen molar-refractivity contribution in [3.05, 3.63) is 12.7 Å². The topological polar surface area (TPSA) is 74.6 Å². The lowest BCUT2D eigenvalue weighted by Gasteiger charge is -2.08. The van der Waals surface area contributed by atoms with Gasteiger partial charge in [-0.3, -0.25) is 4.79 Å². The van der Waals surface area contributed by atoms with Gasteiger partial charge in [-0.1, -0.05) is 6.58 Å². The Labute approximate surface area is 71.5 Å². The molecule has 0 aliphatic heterocycles. The van der Waals surface area contributed by atoms with Crippen LogP contribution in [0, 0.1) is 5.41 Å². The lowest BCUT2D eigenvalue weighted by atomic mass is 9.98. The van der Waals surface area contributed by atoms with Crippen LogP contribution in [0.5, 0.6) is 0 Å². The summed E-state index contributed by atoms with van der Waals surface area (Å²) in [6.45, 7) is 7.95. The average molecular weight is 174 g/mol. The van der Waals surface area contributed by atoms with Gasteiger partial charge in [-0.25, -0.2) is 4.79 Å². The summed E-state index contributed by atoms with van der Waals surface area (Å²) < 4.78 is 0. The molecule has 0 aromatic carbocycles. The number of hydrogen-bond acceptors (Lipinski definition) is 2. The molecule has 12 heavy (non-hydrogen) atoms. The van der Waals surface area contributed by atoms with Crippen molar-refractivity contribution in [3.8, 4) is 0 Å². The molecule has 0 saturated heterocycles. The van der Waals surface area contributed by atoms with Gasteiger partial charge < -0.3 is 10.2 Å². The molecule has 0 unspecified atom stereocenters. The Bertz CT molecular complexity index is 176. The zero-order chi connectivity index (χ0) is 10.4. The lowest BCUT2D eigenvalue weighted by molar-refractivity contribution is -0.145. The number of carboxylic acid groups (broad SMARTS) is 2. The Hall–Kier alpha value is -1.32. The molecular weight excluding hydrogens is 160 g/mol. The normalized spacial score (nSPS) is 9.25. The lowest BCUT2D eigenvalue weighted by Crippen LogP contribution is -2.18. The van der Waals surface area contributed by atoms with Gasteiger partial charge in [0.1, 0.15) is 0 Å². The third-order valence-corrected chi connectivity index (χ3v) is 0.816. The van der Waals surface area contributed by atoms with Crippen LogP contribution in [0.25, 0.3) is 0 Å². The van der Waals surface area contributed by atoms with Crippen LogP contribution in [0.4, 0.5) is 0 Å². The van der Waals surface area contributed by atoms with Gasteiger partial charge in [0.15, 0.2) is 0 Å². The highest BCUT2D eigenvalue weighted by Crippen LogP contribution is 2.11. The van der Waals surface area contributed by atoms with Gasteiger partial charge in [-0.05, 0) is 20.8 Å². The maximum atomic E-state index is 10.0. The van der Waals surface area contributed by atoms with Gasteiger partial charge in [0.25, 0.3) is 0 Å². The second-order valence-corrected chi connectivity index (χ2v) is 3.10. The highest BCUT2D eigenvalue weighted by atomic mass is 16.4. The number of rotatable bonds is 1. The molecule has 0 aliphatic carbocycles. The molecule has 4 nitrogen and oxygen atoms in total. The molecule has 4 heteroatoms. The van der Waals surface area contributed by atoms with Crippen molar-refractivity contribution in [2.75, 3.05) is 0 Å². The maximum Gasteiger partial charge on any atom is 0.327 e. The first-order valence-corrected chi connectivity index (χ1v) is 3.30. The molecule has 70 valence electrons. The molecule has 2 N–H and O–H groups in total. The van der Waals surface area contributed by atoms with E-state index in [0.29, 0.717) is 0 Å². The maximum absolute atomic E-state index is 10.0. The van der Waals surface area contributed by atoms with E-state index in [0.717, 1.165) is 6.08 Å². The van der Waals surface area contributed by atoms with Crippen LogP contribution in [0.3, 0.4) is 0 Å². The van der Waals surface area contributed by atoms with Crippen LogP contribution in [0.1, 0.15) is 20.8 Å². The summed E-state index contributed by atoms with van der Waals surface area (Å²) in [5.74, 6) is -1.74. The third kappa shape index (κ3) is 11.5. The Morgan fingerprint density at radius 2 is 1.42 bits per heavy atom. The number of aliphatic carboxylic acids is 2. The van der Waals surface area contributed by atoms with Crippen LogP contribution in [-0.2, 0) is 9.59 Å². The summed E-state index contributed by atoms with van der Waals surface area (Å²) in [5.41, 5.74) is -0.583. The summed E-state index contributed by atoms with van der Waals surface area (Å²) in [5, 5.41) is 15.9. The molecule has 0 radical (unpaired) electrons. The fourth-order valence-electron chi connectivity index (χ4n) is 0. The van der Waals surface area contributed by atoms with E-state index in [2.05, 4.69) is 6.58 Å². The van der Waals surface area contributed by atoms with Gasteiger partial charge in [-0.15, -0.1) is 0 Å². The number of hydrogen-bond donors (Lipinski definition) is 2. The molecule has 0 heterocycles. The predicted molar refractivity (Wildman–Crippen MR) is 44.9 cm³/mol. The first kappa shape index (κ1) is 13.3. The molecule has 0 rings (SSSR count). The SMILES string of the molecule is C=CC(=O)O.CC(C)(C)C(=O)O. The van der Waals surface area contributed by atoms with Crippen molar-refractivity contribution in [3.63, 3.8) is 0 Å². The minimum atomic E-state index is -0.981.